The second-order valence-corrected chi connectivity index (χ2v) is 8.12. The summed E-state index contributed by atoms with van der Waals surface area (Å²) in [5.74, 6) is -3.15. The van der Waals surface area contributed by atoms with Gasteiger partial charge in [-0.15, -0.1) is 0 Å². The third-order valence-electron chi connectivity index (χ3n) is 4.94. The number of carboxylic acids is 1. The van der Waals surface area contributed by atoms with Gasteiger partial charge in [0, 0.05) is 29.3 Å². The lowest BCUT2D eigenvalue weighted by molar-refractivity contribution is -0.142. The van der Waals surface area contributed by atoms with Gasteiger partial charge in [-0.05, 0) is 17.5 Å². The maximum atomic E-state index is 12.8. The zero-order chi connectivity index (χ0) is 23.8. The molecular formula is C21H29N5O5S. The predicted octanol–water partition coefficient (Wildman–Crippen LogP) is -0.206. The smallest absolute Gasteiger partial charge is 0.326 e. The maximum Gasteiger partial charge on any atom is 0.326 e. The molecule has 3 unspecified atom stereocenters. The molecule has 0 bridgehead atoms. The molecule has 0 aliphatic carbocycles. The molecule has 0 radical (unpaired) electrons. The molecule has 0 saturated heterocycles. The van der Waals surface area contributed by atoms with Crippen molar-refractivity contribution in [3.63, 3.8) is 0 Å². The molecule has 3 amide bonds. The Balaban J connectivity index is 2.03. The molecule has 32 heavy (non-hydrogen) atoms. The number of nitrogens with one attached hydrogen (secondary N) is 4. The topological polar surface area (TPSA) is 166 Å². The van der Waals surface area contributed by atoms with E-state index in [1.54, 1.807) is 20.0 Å². The Bertz CT molecular complexity index is 976. The molecule has 7 N–H and O–H groups in total. The van der Waals surface area contributed by atoms with Crippen LogP contribution in [-0.2, 0) is 25.6 Å². The Morgan fingerprint density at radius 2 is 1.81 bits per heavy atom. The molecule has 11 heteroatoms. The van der Waals surface area contributed by atoms with Crippen molar-refractivity contribution in [1.82, 2.24) is 20.9 Å². The van der Waals surface area contributed by atoms with Gasteiger partial charge in [-0.2, -0.15) is 12.6 Å². The van der Waals surface area contributed by atoms with E-state index in [1.165, 1.54) is 0 Å². The van der Waals surface area contributed by atoms with Gasteiger partial charge >= 0.3 is 5.97 Å². The number of rotatable bonds is 11. The van der Waals surface area contributed by atoms with Crippen LogP contribution in [0.15, 0.2) is 30.5 Å². The molecule has 1 aromatic heterocycles. The van der Waals surface area contributed by atoms with Crippen LogP contribution in [0.5, 0.6) is 0 Å². The van der Waals surface area contributed by atoms with E-state index < -0.39 is 41.8 Å². The van der Waals surface area contributed by atoms with Gasteiger partial charge in [-0.25, -0.2) is 4.79 Å². The number of carbonyl (C=O) groups is 4. The first-order valence-electron chi connectivity index (χ1n) is 10.2. The molecule has 0 aliphatic heterocycles. The number of carbonyl (C=O) groups excluding carboxylic acids is 3. The summed E-state index contributed by atoms with van der Waals surface area (Å²) in [6.45, 7) is 3.07. The van der Waals surface area contributed by atoms with E-state index in [9.17, 15) is 24.3 Å². The van der Waals surface area contributed by atoms with Crippen molar-refractivity contribution in [2.75, 3.05) is 12.3 Å². The highest BCUT2D eigenvalue weighted by molar-refractivity contribution is 7.80. The molecule has 2 rings (SSSR count). The number of aliphatic carboxylic acids is 1. The highest BCUT2D eigenvalue weighted by Crippen LogP contribution is 2.19. The van der Waals surface area contributed by atoms with Gasteiger partial charge in [0.1, 0.15) is 12.1 Å². The molecular weight excluding hydrogens is 434 g/mol. The zero-order valence-electron chi connectivity index (χ0n) is 17.9. The fourth-order valence-corrected chi connectivity index (χ4v) is 3.29. The Labute approximate surface area is 191 Å². The zero-order valence-corrected chi connectivity index (χ0v) is 18.8. The van der Waals surface area contributed by atoms with Crippen molar-refractivity contribution in [2.45, 2.75) is 38.4 Å². The van der Waals surface area contributed by atoms with Gasteiger partial charge < -0.3 is 31.8 Å². The molecule has 1 aromatic carbocycles. The van der Waals surface area contributed by atoms with Gasteiger partial charge in [0.2, 0.25) is 17.7 Å². The first-order valence-corrected chi connectivity index (χ1v) is 10.8. The largest absolute Gasteiger partial charge is 0.480 e. The molecule has 1 heterocycles. The number of nitrogens with two attached hydrogens (primary N) is 1. The van der Waals surface area contributed by atoms with Gasteiger partial charge in [0.25, 0.3) is 0 Å². The fourth-order valence-electron chi connectivity index (χ4n) is 3.12. The summed E-state index contributed by atoms with van der Waals surface area (Å²) in [7, 11) is 0. The summed E-state index contributed by atoms with van der Waals surface area (Å²) < 4.78 is 0. The highest BCUT2D eigenvalue weighted by atomic mass is 32.1. The van der Waals surface area contributed by atoms with Crippen LogP contribution in [-0.4, -0.2) is 64.2 Å². The number of hydrogen-bond acceptors (Lipinski definition) is 6. The standard InChI is InChI=1S/C21H29N5O5S/c1-11(2)18(26-17(27)9-24-19(28)14(22)10-32)20(29)25-16(21(30)31)7-12-8-23-15-6-4-3-5-13(12)15/h3-6,8,11,14,16,18,23,32H,7,9-10,22H2,1-2H3,(H,24,28)(H,25,29)(H,26,27)(H,30,31). The van der Waals surface area contributed by atoms with Crippen LogP contribution >= 0.6 is 12.6 Å². The molecule has 0 fully saturated rings. The number of hydrogen-bond donors (Lipinski definition) is 7. The summed E-state index contributed by atoms with van der Waals surface area (Å²) in [4.78, 5) is 51.6. The van der Waals surface area contributed by atoms with E-state index in [0.29, 0.717) is 0 Å². The van der Waals surface area contributed by atoms with E-state index in [4.69, 9.17) is 5.73 Å². The second-order valence-electron chi connectivity index (χ2n) is 7.76. The molecule has 10 nitrogen and oxygen atoms in total. The number of aromatic amines is 1. The van der Waals surface area contributed by atoms with E-state index in [1.807, 2.05) is 24.3 Å². The second kappa shape index (κ2) is 11.5. The first kappa shape index (κ1) is 25.2. The molecule has 3 atom stereocenters. The number of benzene rings is 1. The molecule has 0 saturated carbocycles. The normalized spacial score (nSPS) is 13.9. The van der Waals surface area contributed by atoms with Crippen LogP contribution in [0, 0.1) is 5.92 Å². The number of para-hydroxylation sites is 1. The third kappa shape index (κ3) is 6.72. The minimum absolute atomic E-state index is 0.0710. The Morgan fingerprint density at radius 3 is 2.44 bits per heavy atom. The monoisotopic (exact) mass is 463 g/mol. The van der Waals surface area contributed by atoms with Crippen molar-refractivity contribution < 1.29 is 24.3 Å². The van der Waals surface area contributed by atoms with Crippen LogP contribution in [0.25, 0.3) is 10.9 Å². The SMILES string of the molecule is CC(C)C(NC(=O)CNC(=O)C(N)CS)C(=O)NC(Cc1c[nH]c2ccccc12)C(=O)O. The Kier molecular flexibility index (Phi) is 9.09. The summed E-state index contributed by atoms with van der Waals surface area (Å²) in [6, 6.07) is 4.43. The number of thiol groups is 1. The van der Waals surface area contributed by atoms with Crippen LogP contribution < -0.4 is 21.7 Å². The van der Waals surface area contributed by atoms with Crippen molar-refractivity contribution in [2.24, 2.45) is 11.7 Å². The molecule has 174 valence electrons. The van der Waals surface area contributed by atoms with E-state index in [-0.39, 0.29) is 24.6 Å². The van der Waals surface area contributed by atoms with Gasteiger partial charge in [0.05, 0.1) is 12.6 Å². The highest BCUT2D eigenvalue weighted by Gasteiger charge is 2.29. The van der Waals surface area contributed by atoms with E-state index in [0.717, 1.165) is 16.5 Å². The summed E-state index contributed by atoms with van der Waals surface area (Å²) in [5, 5.41) is 17.9. The quantitative estimate of drug-likeness (QED) is 0.228. The molecule has 0 spiro atoms. The number of carboxylic acid groups (broad SMARTS) is 1. The summed E-state index contributed by atoms with van der Waals surface area (Å²) in [5.41, 5.74) is 7.15. The van der Waals surface area contributed by atoms with Crippen LogP contribution in [0.3, 0.4) is 0 Å². The van der Waals surface area contributed by atoms with Crippen LogP contribution in [0.4, 0.5) is 0 Å². The predicted molar refractivity (Wildman–Crippen MR) is 123 cm³/mol. The van der Waals surface area contributed by atoms with Crippen LogP contribution in [0.1, 0.15) is 19.4 Å². The lowest BCUT2D eigenvalue weighted by Gasteiger charge is -2.24. The van der Waals surface area contributed by atoms with E-state index in [2.05, 4.69) is 33.6 Å². The van der Waals surface area contributed by atoms with Crippen LogP contribution in [0.2, 0.25) is 0 Å². The number of aromatic nitrogens is 1. The maximum absolute atomic E-state index is 12.8. The average Bonchev–Trinajstić information content (AvgIpc) is 3.17. The Morgan fingerprint density at radius 1 is 1.12 bits per heavy atom. The summed E-state index contributed by atoms with van der Waals surface area (Å²) in [6.07, 6.45) is 1.79. The first-order chi connectivity index (χ1) is 15.1. The van der Waals surface area contributed by atoms with Gasteiger partial charge in [-0.3, -0.25) is 14.4 Å². The number of fused-ring (bicyclic) bond motifs is 1. The minimum Gasteiger partial charge on any atom is -0.480 e. The van der Waals surface area contributed by atoms with Crippen molar-refractivity contribution in [3.8, 4) is 0 Å². The fraction of sp³-hybridized carbons (Fsp3) is 0.429. The summed E-state index contributed by atoms with van der Waals surface area (Å²) >= 11 is 3.92. The van der Waals surface area contributed by atoms with Crippen molar-refractivity contribution in [3.05, 3.63) is 36.0 Å². The number of amides is 3. The van der Waals surface area contributed by atoms with E-state index >= 15 is 0 Å². The average molecular weight is 464 g/mol. The minimum atomic E-state index is -1.19. The van der Waals surface area contributed by atoms with Crippen molar-refractivity contribution >= 4 is 47.2 Å². The lowest BCUT2D eigenvalue weighted by Crippen LogP contribution is -2.56. The van der Waals surface area contributed by atoms with Gasteiger partial charge in [-0.1, -0.05) is 32.0 Å². The Hall–Kier alpha value is -3.05. The van der Waals surface area contributed by atoms with Gasteiger partial charge in [0.15, 0.2) is 0 Å². The third-order valence-corrected chi connectivity index (χ3v) is 5.33. The van der Waals surface area contributed by atoms with Crippen molar-refractivity contribution in [1.29, 1.82) is 0 Å². The number of H-pyrrole nitrogens is 1. The molecule has 2 aromatic rings. The lowest BCUT2D eigenvalue weighted by atomic mass is 10.0. The molecule has 0 aliphatic rings.